The highest BCUT2D eigenvalue weighted by Gasteiger charge is 1.76. The van der Waals surface area contributed by atoms with Crippen LogP contribution < -0.4 is 12.3 Å². The zero-order chi connectivity index (χ0) is 4.83. The minimum absolute atomic E-state index is 0. The molecule has 3 heteroatoms. The van der Waals surface area contributed by atoms with Gasteiger partial charge in [-0.25, -0.2) is 0 Å². The molecule has 0 aliphatic carbocycles. The van der Waals surface area contributed by atoms with Crippen molar-refractivity contribution in [3.8, 4) is 0 Å². The molecule has 0 aliphatic rings. The zero-order valence-corrected chi connectivity index (χ0v) is 6.38. The van der Waals surface area contributed by atoms with E-state index in [0.29, 0.717) is 0 Å². The number of hydrogen-bond donors (Lipinski definition) is 2. The highest BCUT2D eigenvalue weighted by molar-refractivity contribution is 6.17. The summed E-state index contributed by atoms with van der Waals surface area (Å²) in [7, 11) is 0. The van der Waals surface area contributed by atoms with Crippen LogP contribution in [0.1, 0.15) is 26.2 Å². The molecule has 0 aromatic heterocycles. The van der Waals surface area contributed by atoms with Gasteiger partial charge in [0.25, 0.3) is 0 Å². The van der Waals surface area contributed by atoms with Crippen LogP contribution in [-0.2, 0) is 0 Å². The molecule has 0 amide bonds. The Morgan fingerprint density at radius 2 is 1.62 bits per heavy atom. The Kier molecular flexibility index (Phi) is 30.8. The lowest BCUT2D eigenvalue weighted by molar-refractivity contribution is 0.776. The van der Waals surface area contributed by atoms with E-state index >= 15 is 0 Å². The number of alkyl halides is 1. The number of halogens is 1. The van der Waals surface area contributed by atoms with Gasteiger partial charge < -0.3 is 12.3 Å². The zero-order valence-electron chi connectivity index (χ0n) is 5.62. The van der Waals surface area contributed by atoms with Gasteiger partial charge in [-0.2, -0.15) is 0 Å². The second-order valence-corrected chi connectivity index (χ2v) is 1.77. The van der Waals surface area contributed by atoms with Crippen molar-refractivity contribution in [1.29, 1.82) is 0 Å². The Hall–Kier alpha value is 0.210. The molecule has 0 atom stereocenters. The molecule has 0 spiro atoms. The van der Waals surface area contributed by atoms with Crippen LogP contribution in [0.5, 0.6) is 0 Å². The lowest BCUT2D eigenvalue weighted by atomic mass is 10.3. The molecule has 0 aromatic carbocycles. The summed E-state index contributed by atoms with van der Waals surface area (Å²) in [6.45, 7) is 2.17. The summed E-state index contributed by atoms with van der Waals surface area (Å²) >= 11 is 5.38. The summed E-state index contributed by atoms with van der Waals surface area (Å²) in [6, 6.07) is 0. The summed E-state index contributed by atoms with van der Waals surface area (Å²) in [5, 5.41) is 0. The second-order valence-electron chi connectivity index (χ2n) is 1.40. The Balaban J connectivity index is -0.000000125. The minimum atomic E-state index is 0. The van der Waals surface area contributed by atoms with Crippen LogP contribution in [0.3, 0.4) is 0 Å². The first-order valence-corrected chi connectivity index (χ1v) is 3.01. The molecule has 0 aromatic rings. The largest absolute Gasteiger partial charge is 0.344 e. The molecule has 0 heterocycles. The fourth-order valence-electron chi connectivity index (χ4n) is 0.344. The van der Waals surface area contributed by atoms with E-state index in [-0.39, 0.29) is 12.3 Å². The summed E-state index contributed by atoms with van der Waals surface area (Å²) < 4.78 is 0. The van der Waals surface area contributed by atoms with Crippen LogP contribution in [0.2, 0.25) is 0 Å². The van der Waals surface area contributed by atoms with Crippen LogP contribution in [0.25, 0.3) is 0 Å². The van der Waals surface area contributed by atoms with Crippen LogP contribution in [-0.4, -0.2) is 5.88 Å². The van der Waals surface area contributed by atoms with E-state index < -0.39 is 0 Å². The molecule has 0 radical (unpaired) electrons. The van der Waals surface area contributed by atoms with Crippen molar-refractivity contribution in [3.05, 3.63) is 0 Å². The van der Waals surface area contributed by atoms with Gasteiger partial charge in [0.1, 0.15) is 0 Å². The smallest absolute Gasteiger partial charge is 0.0223 e. The first kappa shape index (κ1) is 15.7. The van der Waals surface area contributed by atoms with Crippen molar-refractivity contribution in [2.75, 3.05) is 5.88 Å². The van der Waals surface area contributed by atoms with Crippen molar-refractivity contribution in [2.45, 2.75) is 26.2 Å². The van der Waals surface area contributed by atoms with Crippen molar-refractivity contribution >= 4 is 11.6 Å². The number of hydrogen-bond acceptors (Lipinski definition) is 2. The van der Waals surface area contributed by atoms with Gasteiger partial charge in [0.15, 0.2) is 0 Å². The number of unbranched alkanes of at least 4 members (excludes halogenated alkanes) is 2. The lowest BCUT2D eigenvalue weighted by Gasteiger charge is -1.84. The Morgan fingerprint density at radius 1 is 1.12 bits per heavy atom. The number of rotatable bonds is 3. The highest BCUT2D eigenvalue weighted by Crippen LogP contribution is 1.93. The third-order valence-electron chi connectivity index (χ3n) is 0.737. The van der Waals surface area contributed by atoms with E-state index in [2.05, 4.69) is 6.92 Å². The standard InChI is InChI=1S/C5H11Cl.2H3N/c1-2-3-4-5-6;;/h2-5H2,1H3;2*1H3. The molecule has 0 bridgehead atoms. The molecule has 8 heavy (non-hydrogen) atoms. The third-order valence-corrected chi connectivity index (χ3v) is 1.00. The average molecular weight is 141 g/mol. The van der Waals surface area contributed by atoms with Gasteiger partial charge >= 0.3 is 0 Å². The maximum atomic E-state index is 5.38. The fourth-order valence-corrected chi connectivity index (χ4v) is 0.533. The minimum Gasteiger partial charge on any atom is -0.344 e. The summed E-state index contributed by atoms with van der Waals surface area (Å²) in [6.07, 6.45) is 3.73. The molecule has 0 saturated carbocycles. The van der Waals surface area contributed by atoms with Crippen LogP contribution >= 0.6 is 11.6 Å². The van der Waals surface area contributed by atoms with E-state index in [0.717, 1.165) is 5.88 Å². The summed E-state index contributed by atoms with van der Waals surface area (Å²) in [5.74, 6) is 0.827. The SMILES string of the molecule is CCCCCCl.N.N. The summed E-state index contributed by atoms with van der Waals surface area (Å²) in [4.78, 5) is 0. The fraction of sp³-hybridized carbons (Fsp3) is 1.00. The van der Waals surface area contributed by atoms with Gasteiger partial charge in [-0.3, -0.25) is 0 Å². The van der Waals surface area contributed by atoms with E-state index in [1.807, 2.05) is 0 Å². The van der Waals surface area contributed by atoms with Gasteiger partial charge in [0.05, 0.1) is 0 Å². The molecule has 0 saturated heterocycles. The quantitative estimate of drug-likeness (QED) is 0.468. The molecule has 54 valence electrons. The predicted molar refractivity (Wildman–Crippen MR) is 40.3 cm³/mol. The van der Waals surface area contributed by atoms with Gasteiger partial charge in [-0.1, -0.05) is 19.8 Å². The van der Waals surface area contributed by atoms with Gasteiger partial charge in [-0.15, -0.1) is 11.6 Å². The van der Waals surface area contributed by atoms with E-state index in [4.69, 9.17) is 11.6 Å². The topological polar surface area (TPSA) is 70.0 Å². The first-order chi connectivity index (χ1) is 2.91. The average Bonchev–Trinajstić information content (AvgIpc) is 1.61. The molecule has 2 nitrogen and oxygen atoms in total. The Labute approximate surface area is 56.8 Å². The van der Waals surface area contributed by atoms with Crippen molar-refractivity contribution in [1.82, 2.24) is 12.3 Å². The molecule has 0 fully saturated rings. The maximum Gasteiger partial charge on any atom is 0.0223 e. The predicted octanol–water partition coefficient (Wildman–Crippen LogP) is 2.74. The van der Waals surface area contributed by atoms with Gasteiger partial charge in [-0.05, 0) is 6.42 Å². The van der Waals surface area contributed by atoms with Crippen LogP contribution in [0.4, 0.5) is 0 Å². The van der Waals surface area contributed by atoms with Crippen molar-refractivity contribution < 1.29 is 0 Å². The van der Waals surface area contributed by atoms with Crippen molar-refractivity contribution in [2.24, 2.45) is 0 Å². The third kappa shape index (κ3) is 16.4. The molecule has 0 rings (SSSR count). The first-order valence-electron chi connectivity index (χ1n) is 2.47. The van der Waals surface area contributed by atoms with Crippen LogP contribution in [0.15, 0.2) is 0 Å². The van der Waals surface area contributed by atoms with Gasteiger partial charge in [0.2, 0.25) is 0 Å². The Bertz CT molecular complexity index is 22.4. The molecule has 0 aliphatic heterocycles. The van der Waals surface area contributed by atoms with E-state index in [1.165, 1.54) is 19.3 Å². The molecular formula is C5H17ClN2. The van der Waals surface area contributed by atoms with E-state index in [9.17, 15) is 0 Å². The molecular weight excluding hydrogens is 124 g/mol. The molecule has 6 N–H and O–H groups in total. The van der Waals surface area contributed by atoms with E-state index in [1.54, 1.807) is 0 Å². The van der Waals surface area contributed by atoms with Crippen LogP contribution in [0, 0.1) is 0 Å². The molecule has 0 unspecified atom stereocenters. The lowest BCUT2D eigenvalue weighted by Crippen LogP contribution is -1.70. The monoisotopic (exact) mass is 140 g/mol. The normalized spacial score (nSPS) is 6.75. The second kappa shape index (κ2) is 15.7. The van der Waals surface area contributed by atoms with Crippen molar-refractivity contribution in [3.63, 3.8) is 0 Å². The summed E-state index contributed by atoms with van der Waals surface area (Å²) in [5.41, 5.74) is 0. The maximum absolute atomic E-state index is 5.38. The Morgan fingerprint density at radius 3 is 1.75 bits per heavy atom. The van der Waals surface area contributed by atoms with Gasteiger partial charge in [0, 0.05) is 5.88 Å². The highest BCUT2D eigenvalue weighted by atomic mass is 35.5.